The van der Waals surface area contributed by atoms with Crippen LogP contribution in [0.15, 0.2) is 24.5 Å². The maximum Gasteiger partial charge on any atom is 0.161 e. The van der Waals surface area contributed by atoms with Crippen molar-refractivity contribution in [2.24, 2.45) is 17.8 Å². The zero-order chi connectivity index (χ0) is 15.3. The average molecular weight is 296 g/mol. The molecule has 0 spiro atoms. The summed E-state index contributed by atoms with van der Waals surface area (Å²) < 4.78 is 0. The third kappa shape index (κ3) is 2.08. The van der Waals surface area contributed by atoms with E-state index in [-0.39, 0.29) is 0 Å². The molecule has 0 radical (unpaired) electrons. The Balaban J connectivity index is 1.67. The summed E-state index contributed by atoms with van der Waals surface area (Å²) >= 11 is 0. The van der Waals surface area contributed by atoms with E-state index in [1.807, 2.05) is 19.1 Å². The third-order valence-corrected chi connectivity index (χ3v) is 5.18. The SMILES string of the molecule is Cc1nc(-c2ccncc2)nc(N2C[C@@H]3C(CO)[C@@H]3C2)c1C. The molecule has 4 rings (SSSR count). The summed E-state index contributed by atoms with van der Waals surface area (Å²) in [4.78, 5) is 15.9. The van der Waals surface area contributed by atoms with Gasteiger partial charge in [-0.2, -0.15) is 0 Å². The molecule has 3 atom stereocenters. The molecule has 1 unspecified atom stereocenters. The van der Waals surface area contributed by atoms with E-state index in [0.717, 1.165) is 41.6 Å². The molecule has 0 amide bonds. The van der Waals surface area contributed by atoms with Gasteiger partial charge in [0.15, 0.2) is 5.82 Å². The first-order valence-corrected chi connectivity index (χ1v) is 7.80. The van der Waals surface area contributed by atoms with Gasteiger partial charge in [0.05, 0.1) is 0 Å². The summed E-state index contributed by atoms with van der Waals surface area (Å²) in [7, 11) is 0. The Morgan fingerprint density at radius 1 is 1.14 bits per heavy atom. The Kier molecular flexibility index (Phi) is 3.11. The molecule has 2 aromatic rings. The number of hydrogen-bond donors (Lipinski definition) is 1. The number of pyridine rings is 1. The molecule has 1 aliphatic heterocycles. The number of aliphatic hydroxyl groups is 1. The summed E-state index contributed by atoms with van der Waals surface area (Å²) in [5, 5.41) is 9.31. The Morgan fingerprint density at radius 2 is 1.82 bits per heavy atom. The van der Waals surface area contributed by atoms with Crippen LogP contribution in [0.5, 0.6) is 0 Å². The van der Waals surface area contributed by atoms with Crippen molar-refractivity contribution in [2.45, 2.75) is 13.8 Å². The van der Waals surface area contributed by atoms with Crippen LogP contribution in [0.3, 0.4) is 0 Å². The molecule has 22 heavy (non-hydrogen) atoms. The van der Waals surface area contributed by atoms with Gasteiger partial charge in [-0.3, -0.25) is 4.98 Å². The smallest absolute Gasteiger partial charge is 0.161 e. The Hall–Kier alpha value is -2.01. The number of anilines is 1. The van der Waals surface area contributed by atoms with E-state index in [0.29, 0.717) is 24.4 Å². The quantitative estimate of drug-likeness (QED) is 0.936. The van der Waals surface area contributed by atoms with Crippen molar-refractivity contribution in [3.63, 3.8) is 0 Å². The topological polar surface area (TPSA) is 62.1 Å². The van der Waals surface area contributed by atoms with Crippen LogP contribution in [0, 0.1) is 31.6 Å². The molecule has 2 fully saturated rings. The van der Waals surface area contributed by atoms with Crippen molar-refractivity contribution >= 4 is 5.82 Å². The molecule has 5 nitrogen and oxygen atoms in total. The first kappa shape index (κ1) is 13.6. The van der Waals surface area contributed by atoms with Gasteiger partial charge in [-0.15, -0.1) is 0 Å². The number of aryl methyl sites for hydroxylation is 1. The average Bonchev–Trinajstić information content (AvgIpc) is 3.02. The lowest BCUT2D eigenvalue weighted by atomic mass is 10.2. The van der Waals surface area contributed by atoms with E-state index < -0.39 is 0 Å². The second kappa shape index (κ2) is 5.02. The van der Waals surface area contributed by atoms with E-state index in [4.69, 9.17) is 4.98 Å². The molecule has 0 bridgehead atoms. The Bertz CT molecular complexity index is 691. The zero-order valence-electron chi connectivity index (χ0n) is 12.9. The molecular weight excluding hydrogens is 276 g/mol. The van der Waals surface area contributed by atoms with Crippen LogP contribution >= 0.6 is 0 Å². The molecule has 3 heterocycles. The first-order valence-electron chi connectivity index (χ1n) is 7.80. The van der Waals surface area contributed by atoms with Crippen molar-refractivity contribution in [3.05, 3.63) is 35.8 Å². The summed E-state index contributed by atoms with van der Waals surface area (Å²) in [6.45, 7) is 6.46. The van der Waals surface area contributed by atoms with Gasteiger partial charge in [0.1, 0.15) is 5.82 Å². The highest BCUT2D eigenvalue weighted by molar-refractivity contribution is 5.60. The number of fused-ring (bicyclic) bond motifs is 1. The van der Waals surface area contributed by atoms with Crippen LogP contribution in [0.25, 0.3) is 11.4 Å². The molecule has 5 heteroatoms. The minimum atomic E-state index is 0.327. The van der Waals surface area contributed by atoms with Gasteiger partial charge in [-0.1, -0.05) is 0 Å². The highest BCUT2D eigenvalue weighted by atomic mass is 16.3. The van der Waals surface area contributed by atoms with Crippen LogP contribution in [0.4, 0.5) is 5.82 Å². The molecule has 1 saturated heterocycles. The maximum absolute atomic E-state index is 9.31. The van der Waals surface area contributed by atoms with Crippen molar-refractivity contribution in [3.8, 4) is 11.4 Å². The minimum absolute atomic E-state index is 0.327. The van der Waals surface area contributed by atoms with E-state index >= 15 is 0 Å². The predicted octanol–water partition coefficient (Wildman–Crippen LogP) is 1.83. The number of aliphatic hydroxyl groups excluding tert-OH is 1. The summed E-state index contributed by atoms with van der Waals surface area (Å²) in [6.07, 6.45) is 3.54. The molecule has 2 aliphatic rings. The second-order valence-electron chi connectivity index (χ2n) is 6.40. The van der Waals surface area contributed by atoms with Crippen molar-refractivity contribution < 1.29 is 5.11 Å². The third-order valence-electron chi connectivity index (χ3n) is 5.18. The number of aromatic nitrogens is 3. The predicted molar refractivity (Wildman–Crippen MR) is 84.5 cm³/mol. The summed E-state index contributed by atoms with van der Waals surface area (Å²) in [5.74, 6) is 3.61. The van der Waals surface area contributed by atoms with Crippen LogP contribution in [0.2, 0.25) is 0 Å². The molecule has 1 aliphatic carbocycles. The highest BCUT2D eigenvalue weighted by Gasteiger charge is 2.55. The van der Waals surface area contributed by atoms with Crippen molar-refractivity contribution in [2.75, 3.05) is 24.6 Å². The van der Waals surface area contributed by atoms with Crippen LogP contribution in [0.1, 0.15) is 11.3 Å². The normalized spacial score (nSPS) is 26.1. The first-order chi connectivity index (χ1) is 10.7. The maximum atomic E-state index is 9.31. The number of hydrogen-bond acceptors (Lipinski definition) is 5. The van der Waals surface area contributed by atoms with Gasteiger partial charge in [-0.25, -0.2) is 9.97 Å². The molecule has 0 aromatic carbocycles. The highest BCUT2D eigenvalue weighted by Crippen LogP contribution is 2.52. The summed E-state index contributed by atoms with van der Waals surface area (Å²) in [6, 6.07) is 3.88. The molecule has 2 aromatic heterocycles. The second-order valence-corrected chi connectivity index (χ2v) is 6.40. The lowest BCUT2D eigenvalue weighted by molar-refractivity contribution is 0.260. The lowest BCUT2D eigenvalue weighted by Crippen LogP contribution is -2.27. The summed E-state index contributed by atoms with van der Waals surface area (Å²) in [5.41, 5.74) is 3.17. The fourth-order valence-corrected chi connectivity index (χ4v) is 3.64. The zero-order valence-corrected chi connectivity index (χ0v) is 12.9. The van der Waals surface area contributed by atoms with Crippen LogP contribution in [-0.2, 0) is 0 Å². The molecule has 114 valence electrons. The van der Waals surface area contributed by atoms with Gasteiger partial charge >= 0.3 is 0 Å². The number of rotatable bonds is 3. The van der Waals surface area contributed by atoms with Crippen molar-refractivity contribution in [1.29, 1.82) is 0 Å². The van der Waals surface area contributed by atoms with Crippen LogP contribution in [-0.4, -0.2) is 39.8 Å². The number of nitrogens with zero attached hydrogens (tertiary/aromatic N) is 4. The molecule has 1 N–H and O–H groups in total. The van der Waals surface area contributed by atoms with Gasteiger partial charge < -0.3 is 10.0 Å². The van der Waals surface area contributed by atoms with Gasteiger partial charge in [-0.05, 0) is 43.7 Å². The fourth-order valence-electron chi connectivity index (χ4n) is 3.64. The van der Waals surface area contributed by atoms with E-state index in [1.165, 1.54) is 0 Å². The van der Waals surface area contributed by atoms with Crippen molar-refractivity contribution in [1.82, 2.24) is 15.0 Å². The van der Waals surface area contributed by atoms with Gasteiger partial charge in [0, 0.05) is 48.9 Å². The Morgan fingerprint density at radius 3 is 2.45 bits per heavy atom. The Labute approximate surface area is 130 Å². The van der Waals surface area contributed by atoms with E-state index in [1.54, 1.807) is 12.4 Å². The van der Waals surface area contributed by atoms with E-state index in [9.17, 15) is 5.11 Å². The largest absolute Gasteiger partial charge is 0.396 e. The fraction of sp³-hybridized carbons (Fsp3) is 0.471. The molecular formula is C17H20N4O. The lowest BCUT2D eigenvalue weighted by Gasteiger charge is -2.23. The van der Waals surface area contributed by atoms with E-state index in [2.05, 4.69) is 21.8 Å². The van der Waals surface area contributed by atoms with Gasteiger partial charge in [0.25, 0.3) is 0 Å². The minimum Gasteiger partial charge on any atom is -0.396 e. The monoisotopic (exact) mass is 296 g/mol. The standard InChI is InChI=1S/C17H20N4O/c1-10-11(2)19-16(12-3-5-18-6-4-12)20-17(10)21-7-13-14(8-21)15(13)9-22/h3-6,13-15,22H,7-9H2,1-2H3/t13-,14+,15?. The van der Waals surface area contributed by atoms with Gasteiger partial charge in [0.2, 0.25) is 0 Å². The molecule has 1 saturated carbocycles. The number of piperidine rings is 1. The van der Waals surface area contributed by atoms with Crippen LogP contribution < -0.4 is 4.90 Å².